The monoisotopic (exact) mass is 480 g/mol. The van der Waals surface area contributed by atoms with Crippen LogP contribution in [-0.2, 0) is 9.47 Å². The van der Waals surface area contributed by atoms with Crippen molar-refractivity contribution in [2.45, 2.75) is 6.29 Å². The van der Waals surface area contributed by atoms with Crippen molar-refractivity contribution in [1.82, 2.24) is 4.98 Å². The molecule has 0 saturated carbocycles. The van der Waals surface area contributed by atoms with Gasteiger partial charge in [0.25, 0.3) is 0 Å². The van der Waals surface area contributed by atoms with E-state index >= 15 is 0 Å². The molecule has 4 aromatic rings. The van der Waals surface area contributed by atoms with Gasteiger partial charge in [-0.3, -0.25) is 4.79 Å². The number of anilines is 1. The highest BCUT2D eigenvalue weighted by Crippen LogP contribution is 2.33. The lowest BCUT2D eigenvalue weighted by molar-refractivity contribution is -0.0914. The number of carbonyl (C=O) groups excluding carboxylic acids is 1. The van der Waals surface area contributed by atoms with Crippen LogP contribution >= 0.6 is 23.2 Å². The predicted molar refractivity (Wildman–Crippen MR) is 133 cm³/mol. The maximum absolute atomic E-state index is 13.1. The van der Waals surface area contributed by atoms with Crippen LogP contribution in [0.25, 0.3) is 22.0 Å². The minimum absolute atomic E-state index is 0.0872. The third kappa shape index (κ3) is 5.34. The highest BCUT2D eigenvalue weighted by atomic mass is 35.5. The number of pyridine rings is 1. The Bertz CT molecular complexity index is 1290. The highest BCUT2D eigenvalue weighted by molar-refractivity contribution is 6.31. The van der Waals surface area contributed by atoms with Crippen LogP contribution in [0.4, 0.5) is 5.82 Å². The number of hydrogen-bond donors (Lipinski definition) is 1. The van der Waals surface area contributed by atoms with Crippen molar-refractivity contribution < 1.29 is 14.3 Å². The van der Waals surface area contributed by atoms with E-state index < -0.39 is 6.29 Å². The van der Waals surface area contributed by atoms with Crippen LogP contribution < -0.4 is 5.32 Å². The molecule has 0 saturated heterocycles. The Kier molecular flexibility index (Phi) is 7.26. The Labute approximate surface area is 202 Å². The van der Waals surface area contributed by atoms with E-state index in [0.29, 0.717) is 33.5 Å². The van der Waals surface area contributed by atoms with Crippen molar-refractivity contribution in [3.05, 3.63) is 94.0 Å². The van der Waals surface area contributed by atoms with Gasteiger partial charge < -0.3 is 14.8 Å². The second kappa shape index (κ2) is 10.3. The molecule has 0 amide bonds. The molecule has 1 heterocycles. The predicted octanol–water partition coefficient (Wildman–Crippen LogP) is 6.47. The van der Waals surface area contributed by atoms with Gasteiger partial charge >= 0.3 is 0 Å². The van der Waals surface area contributed by atoms with Crippen LogP contribution in [0, 0.1) is 0 Å². The van der Waals surface area contributed by atoms with Crippen molar-refractivity contribution in [3.63, 3.8) is 0 Å². The SMILES string of the molecule is COC(CNc1cc(-c2cccc(Cl)c2)c2cc(C(=O)c3ccc(Cl)cc3)ccc2n1)OC. The second-order valence-electron chi connectivity index (χ2n) is 7.42. The van der Waals surface area contributed by atoms with Gasteiger partial charge in [0.15, 0.2) is 12.1 Å². The molecule has 0 fully saturated rings. The number of carbonyl (C=O) groups is 1. The largest absolute Gasteiger partial charge is 0.365 e. The average Bonchev–Trinajstić information content (AvgIpc) is 2.84. The molecule has 1 N–H and O–H groups in total. The lowest BCUT2D eigenvalue weighted by Crippen LogP contribution is -2.24. The van der Waals surface area contributed by atoms with Gasteiger partial charge in [0, 0.05) is 40.8 Å². The molecule has 0 radical (unpaired) electrons. The molecule has 0 spiro atoms. The number of methoxy groups -OCH3 is 2. The number of rotatable bonds is 8. The van der Waals surface area contributed by atoms with E-state index in [1.54, 1.807) is 44.6 Å². The first-order valence-electron chi connectivity index (χ1n) is 10.3. The number of hydrogen-bond acceptors (Lipinski definition) is 5. The molecule has 4 rings (SSSR count). The summed E-state index contributed by atoms with van der Waals surface area (Å²) in [5.74, 6) is 0.573. The summed E-state index contributed by atoms with van der Waals surface area (Å²) in [5.41, 5.74) is 3.70. The van der Waals surface area contributed by atoms with Crippen molar-refractivity contribution in [1.29, 1.82) is 0 Å². The van der Waals surface area contributed by atoms with Crippen LogP contribution in [0.2, 0.25) is 10.0 Å². The van der Waals surface area contributed by atoms with Crippen LogP contribution in [0.5, 0.6) is 0 Å². The zero-order valence-corrected chi connectivity index (χ0v) is 19.7. The van der Waals surface area contributed by atoms with E-state index in [4.69, 9.17) is 37.7 Å². The quantitative estimate of drug-likeness (QED) is 0.231. The molecular formula is C26H22Cl2N2O3. The van der Waals surface area contributed by atoms with E-state index in [1.165, 1.54) is 0 Å². The average molecular weight is 481 g/mol. The first kappa shape index (κ1) is 23.2. The Hall–Kier alpha value is -2.96. The molecule has 0 unspecified atom stereocenters. The summed E-state index contributed by atoms with van der Waals surface area (Å²) < 4.78 is 10.5. The number of nitrogens with zero attached hydrogens (tertiary/aromatic N) is 1. The van der Waals surface area contributed by atoms with Crippen molar-refractivity contribution in [2.75, 3.05) is 26.1 Å². The molecular weight excluding hydrogens is 459 g/mol. The van der Waals surface area contributed by atoms with Gasteiger partial charge in [-0.2, -0.15) is 0 Å². The summed E-state index contributed by atoms with van der Waals surface area (Å²) >= 11 is 12.2. The standard InChI is InChI=1S/C26H22Cl2N2O3/c1-32-25(33-2)15-29-24-14-21(17-4-3-5-20(28)12-17)22-13-18(8-11-23(22)30-24)26(31)16-6-9-19(27)10-7-16/h3-14,25H,15H2,1-2H3,(H,29,30). The first-order valence-corrected chi connectivity index (χ1v) is 11.0. The summed E-state index contributed by atoms with van der Waals surface area (Å²) in [6.07, 6.45) is -0.406. The van der Waals surface area contributed by atoms with Gasteiger partial charge in [0.2, 0.25) is 0 Å². The Balaban J connectivity index is 1.80. The van der Waals surface area contributed by atoms with Crippen LogP contribution in [0.15, 0.2) is 72.8 Å². The van der Waals surface area contributed by atoms with Crippen molar-refractivity contribution in [2.24, 2.45) is 0 Å². The number of fused-ring (bicyclic) bond motifs is 1. The first-order chi connectivity index (χ1) is 16.0. The smallest absolute Gasteiger partial charge is 0.193 e. The highest BCUT2D eigenvalue weighted by Gasteiger charge is 2.15. The normalized spacial score (nSPS) is 11.2. The molecule has 33 heavy (non-hydrogen) atoms. The topological polar surface area (TPSA) is 60.5 Å². The number of halogens is 2. The molecule has 7 heteroatoms. The van der Waals surface area contributed by atoms with Crippen LogP contribution in [0.1, 0.15) is 15.9 Å². The number of ether oxygens (including phenoxy) is 2. The summed E-state index contributed by atoms with van der Waals surface area (Å²) in [6, 6.07) is 21.9. The van der Waals surface area contributed by atoms with Gasteiger partial charge in [-0.25, -0.2) is 4.98 Å². The van der Waals surface area contributed by atoms with E-state index in [9.17, 15) is 4.79 Å². The number of ketones is 1. The number of aromatic nitrogens is 1. The molecule has 0 aliphatic carbocycles. The van der Waals surface area contributed by atoms with Gasteiger partial charge in [-0.15, -0.1) is 0 Å². The van der Waals surface area contributed by atoms with E-state index in [2.05, 4.69) is 5.32 Å². The Morgan fingerprint density at radius 1 is 0.909 bits per heavy atom. The Morgan fingerprint density at radius 2 is 1.64 bits per heavy atom. The van der Waals surface area contributed by atoms with Crippen molar-refractivity contribution >= 4 is 45.7 Å². The number of benzene rings is 3. The number of nitrogens with one attached hydrogen (secondary N) is 1. The Morgan fingerprint density at radius 3 is 2.33 bits per heavy atom. The van der Waals surface area contributed by atoms with E-state index in [1.807, 2.05) is 42.5 Å². The van der Waals surface area contributed by atoms with Crippen LogP contribution in [0.3, 0.4) is 0 Å². The lowest BCUT2D eigenvalue weighted by atomic mass is 9.96. The fourth-order valence-electron chi connectivity index (χ4n) is 3.57. The molecule has 0 aliphatic heterocycles. The summed E-state index contributed by atoms with van der Waals surface area (Å²) in [4.78, 5) is 17.8. The summed E-state index contributed by atoms with van der Waals surface area (Å²) in [5, 5.41) is 5.31. The molecule has 0 atom stereocenters. The van der Waals surface area contributed by atoms with Gasteiger partial charge in [0.1, 0.15) is 5.82 Å². The van der Waals surface area contributed by atoms with Gasteiger partial charge in [-0.1, -0.05) is 35.3 Å². The minimum Gasteiger partial charge on any atom is -0.365 e. The molecule has 3 aromatic carbocycles. The molecule has 1 aromatic heterocycles. The van der Waals surface area contributed by atoms with Gasteiger partial charge in [0.05, 0.1) is 12.1 Å². The fraction of sp³-hybridized carbons (Fsp3) is 0.154. The minimum atomic E-state index is -0.406. The maximum atomic E-state index is 13.1. The maximum Gasteiger partial charge on any atom is 0.193 e. The zero-order chi connectivity index (χ0) is 23.4. The summed E-state index contributed by atoms with van der Waals surface area (Å²) in [7, 11) is 3.17. The van der Waals surface area contributed by atoms with Gasteiger partial charge in [-0.05, 0) is 71.8 Å². The van der Waals surface area contributed by atoms with E-state index in [0.717, 1.165) is 22.0 Å². The summed E-state index contributed by atoms with van der Waals surface area (Å²) in [6.45, 7) is 0.424. The fourth-order valence-corrected chi connectivity index (χ4v) is 3.89. The molecule has 0 bridgehead atoms. The second-order valence-corrected chi connectivity index (χ2v) is 8.29. The third-order valence-corrected chi connectivity index (χ3v) is 5.78. The van der Waals surface area contributed by atoms with Crippen molar-refractivity contribution in [3.8, 4) is 11.1 Å². The third-order valence-electron chi connectivity index (χ3n) is 5.29. The van der Waals surface area contributed by atoms with Crippen LogP contribution in [-0.4, -0.2) is 37.8 Å². The molecule has 5 nitrogen and oxygen atoms in total. The zero-order valence-electron chi connectivity index (χ0n) is 18.1. The van der Waals surface area contributed by atoms with E-state index in [-0.39, 0.29) is 5.78 Å². The molecule has 0 aliphatic rings. The molecule has 168 valence electrons. The lowest BCUT2D eigenvalue weighted by Gasteiger charge is -2.16.